The van der Waals surface area contributed by atoms with Gasteiger partial charge in [0.1, 0.15) is 5.82 Å². The monoisotopic (exact) mass is 274 g/mol. The number of nitrogens with one attached hydrogen (secondary N) is 1. The Bertz CT molecular complexity index is 428. The summed E-state index contributed by atoms with van der Waals surface area (Å²) in [7, 11) is 1.55. The molecule has 0 aliphatic heterocycles. The average Bonchev–Trinajstić information content (AvgIpc) is 2.28. The van der Waals surface area contributed by atoms with E-state index in [1.54, 1.807) is 7.11 Å². The summed E-state index contributed by atoms with van der Waals surface area (Å²) in [5.74, 6) is 0.633. The molecule has 7 nitrogen and oxygen atoms in total. The van der Waals surface area contributed by atoms with Crippen LogP contribution >= 0.6 is 11.6 Å². The van der Waals surface area contributed by atoms with E-state index in [0.29, 0.717) is 25.4 Å². The maximum Gasteiger partial charge on any atom is 0.348 e. The second-order valence-electron chi connectivity index (χ2n) is 3.55. The Hall–Kier alpha value is -1.47. The first-order valence-electron chi connectivity index (χ1n) is 5.53. The van der Waals surface area contributed by atoms with E-state index in [9.17, 15) is 10.1 Å². The first kappa shape index (κ1) is 14.6. The number of hydrogen-bond donors (Lipinski definition) is 1. The molecule has 0 saturated carbocycles. The van der Waals surface area contributed by atoms with Crippen molar-refractivity contribution in [2.24, 2.45) is 0 Å². The summed E-state index contributed by atoms with van der Waals surface area (Å²) in [5.41, 5.74) is -0.298. The van der Waals surface area contributed by atoms with E-state index in [2.05, 4.69) is 15.3 Å². The lowest BCUT2D eigenvalue weighted by molar-refractivity contribution is -0.384. The van der Waals surface area contributed by atoms with Gasteiger partial charge in [-0.25, -0.2) is 9.97 Å². The van der Waals surface area contributed by atoms with Crippen LogP contribution in [0.4, 0.5) is 11.5 Å². The van der Waals surface area contributed by atoms with Crippen LogP contribution in [0.15, 0.2) is 0 Å². The van der Waals surface area contributed by atoms with Gasteiger partial charge in [0.2, 0.25) is 11.0 Å². The Labute approximate surface area is 110 Å². The summed E-state index contributed by atoms with van der Waals surface area (Å²) in [4.78, 5) is 18.4. The minimum atomic E-state index is -0.590. The molecule has 0 aliphatic carbocycles. The normalized spacial score (nSPS) is 10.4. The van der Waals surface area contributed by atoms with Gasteiger partial charge >= 0.3 is 5.69 Å². The number of nitrogens with zero attached hydrogens (tertiary/aromatic N) is 3. The molecule has 18 heavy (non-hydrogen) atoms. The molecule has 0 amide bonds. The summed E-state index contributed by atoms with van der Waals surface area (Å²) in [6.07, 6.45) is 1.46. The first-order valence-corrected chi connectivity index (χ1v) is 5.91. The van der Waals surface area contributed by atoms with Crippen LogP contribution in [0.3, 0.4) is 0 Å². The van der Waals surface area contributed by atoms with E-state index < -0.39 is 4.92 Å². The third-order valence-electron chi connectivity index (χ3n) is 2.14. The zero-order valence-electron chi connectivity index (χ0n) is 10.3. The Balaban J connectivity index is 3.03. The second-order valence-corrected chi connectivity index (χ2v) is 3.91. The Morgan fingerprint density at radius 1 is 1.50 bits per heavy atom. The standard InChI is InChI=1S/C10H15ClN4O3/c1-3-4-7-13-9(11)8(15(16)17)10(14-7)12-5-6-18-2/h3-6H2,1-2H3,(H,12,13,14). The molecule has 1 N–H and O–H groups in total. The number of halogens is 1. The molecular formula is C10H15ClN4O3. The minimum absolute atomic E-state index is 0.139. The van der Waals surface area contributed by atoms with Gasteiger partial charge in [0.25, 0.3) is 0 Å². The minimum Gasteiger partial charge on any atom is -0.383 e. The Kier molecular flexibility index (Phi) is 5.73. The van der Waals surface area contributed by atoms with Crippen LogP contribution in [0, 0.1) is 10.1 Å². The van der Waals surface area contributed by atoms with Gasteiger partial charge in [-0.3, -0.25) is 10.1 Å². The van der Waals surface area contributed by atoms with E-state index in [1.165, 1.54) is 0 Å². The molecule has 1 aromatic rings. The van der Waals surface area contributed by atoms with Gasteiger partial charge in [-0.05, 0) is 6.42 Å². The molecule has 8 heteroatoms. The van der Waals surface area contributed by atoms with E-state index in [0.717, 1.165) is 6.42 Å². The molecule has 0 spiro atoms. The number of ether oxygens (including phenoxy) is 1. The van der Waals surface area contributed by atoms with Gasteiger partial charge in [0.05, 0.1) is 11.5 Å². The smallest absolute Gasteiger partial charge is 0.348 e. The van der Waals surface area contributed by atoms with Crippen LogP contribution in [-0.4, -0.2) is 35.2 Å². The van der Waals surface area contributed by atoms with Crippen molar-refractivity contribution in [1.29, 1.82) is 0 Å². The van der Waals surface area contributed by atoms with E-state index in [1.807, 2.05) is 6.92 Å². The van der Waals surface area contributed by atoms with Crippen LogP contribution in [0.25, 0.3) is 0 Å². The van der Waals surface area contributed by atoms with Crippen LogP contribution in [0.2, 0.25) is 5.15 Å². The highest BCUT2D eigenvalue weighted by Crippen LogP contribution is 2.29. The van der Waals surface area contributed by atoms with Crippen molar-refractivity contribution in [1.82, 2.24) is 9.97 Å². The van der Waals surface area contributed by atoms with Crippen molar-refractivity contribution in [3.05, 3.63) is 21.1 Å². The molecular weight excluding hydrogens is 260 g/mol. The number of nitro groups is 1. The fourth-order valence-corrected chi connectivity index (χ4v) is 1.62. The first-order chi connectivity index (χ1) is 8.60. The van der Waals surface area contributed by atoms with Crippen molar-refractivity contribution >= 4 is 23.1 Å². The number of anilines is 1. The highest BCUT2D eigenvalue weighted by atomic mass is 35.5. The van der Waals surface area contributed by atoms with E-state index in [-0.39, 0.29) is 16.7 Å². The summed E-state index contributed by atoms with van der Waals surface area (Å²) in [6.45, 7) is 2.80. The zero-order valence-corrected chi connectivity index (χ0v) is 11.0. The number of rotatable bonds is 7. The van der Waals surface area contributed by atoms with E-state index in [4.69, 9.17) is 16.3 Å². The van der Waals surface area contributed by atoms with Gasteiger partial charge in [-0.2, -0.15) is 0 Å². The van der Waals surface area contributed by atoms with Crippen molar-refractivity contribution in [3.63, 3.8) is 0 Å². The molecule has 0 atom stereocenters. The average molecular weight is 275 g/mol. The molecule has 0 aliphatic rings. The van der Waals surface area contributed by atoms with Crippen LogP contribution in [0.5, 0.6) is 0 Å². The predicted octanol–water partition coefficient (Wildman–Crippen LogP) is 2.05. The van der Waals surface area contributed by atoms with Crippen molar-refractivity contribution in [3.8, 4) is 0 Å². The highest BCUT2D eigenvalue weighted by Gasteiger charge is 2.23. The fraction of sp³-hybridized carbons (Fsp3) is 0.600. The highest BCUT2D eigenvalue weighted by molar-refractivity contribution is 6.31. The molecule has 1 aromatic heterocycles. The summed E-state index contributed by atoms with van der Waals surface area (Å²) in [6, 6.07) is 0. The Morgan fingerprint density at radius 3 is 2.78 bits per heavy atom. The number of aryl methyl sites for hydroxylation is 1. The quantitative estimate of drug-likeness (QED) is 0.354. The lowest BCUT2D eigenvalue weighted by atomic mass is 10.3. The maximum absolute atomic E-state index is 10.9. The number of methoxy groups -OCH3 is 1. The molecule has 0 saturated heterocycles. The molecule has 0 radical (unpaired) electrons. The zero-order chi connectivity index (χ0) is 13.5. The van der Waals surface area contributed by atoms with Crippen molar-refractivity contribution in [2.45, 2.75) is 19.8 Å². The van der Waals surface area contributed by atoms with Crippen LogP contribution < -0.4 is 5.32 Å². The van der Waals surface area contributed by atoms with Gasteiger partial charge in [0, 0.05) is 20.1 Å². The molecule has 0 unspecified atom stereocenters. The molecule has 100 valence electrons. The van der Waals surface area contributed by atoms with Crippen LogP contribution in [-0.2, 0) is 11.2 Å². The SMILES string of the molecule is CCCc1nc(Cl)c([N+](=O)[O-])c(NCCOC)n1. The maximum atomic E-state index is 10.9. The molecule has 1 heterocycles. The number of hydrogen-bond acceptors (Lipinski definition) is 6. The Morgan fingerprint density at radius 2 is 2.22 bits per heavy atom. The third kappa shape index (κ3) is 3.78. The van der Waals surface area contributed by atoms with Crippen molar-refractivity contribution < 1.29 is 9.66 Å². The van der Waals surface area contributed by atoms with Gasteiger partial charge in [-0.1, -0.05) is 18.5 Å². The second kappa shape index (κ2) is 7.07. The van der Waals surface area contributed by atoms with Gasteiger partial charge in [0.15, 0.2) is 0 Å². The summed E-state index contributed by atoms with van der Waals surface area (Å²) >= 11 is 5.81. The molecule has 0 fully saturated rings. The number of aromatic nitrogens is 2. The van der Waals surface area contributed by atoms with Crippen molar-refractivity contribution in [2.75, 3.05) is 25.6 Å². The third-order valence-corrected chi connectivity index (χ3v) is 2.41. The molecule has 0 aromatic carbocycles. The predicted molar refractivity (Wildman–Crippen MR) is 68.1 cm³/mol. The van der Waals surface area contributed by atoms with Crippen LogP contribution in [0.1, 0.15) is 19.2 Å². The molecule has 0 bridgehead atoms. The fourth-order valence-electron chi connectivity index (χ4n) is 1.36. The largest absolute Gasteiger partial charge is 0.383 e. The lowest BCUT2D eigenvalue weighted by Gasteiger charge is -2.08. The lowest BCUT2D eigenvalue weighted by Crippen LogP contribution is -2.12. The van der Waals surface area contributed by atoms with Gasteiger partial charge < -0.3 is 10.1 Å². The summed E-state index contributed by atoms with van der Waals surface area (Å²) in [5, 5.41) is 13.6. The molecule has 1 rings (SSSR count). The topological polar surface area (TPSA) is 90.2 Å². The summed E-state index contributed by atoms with van der Waals surface area (Å²) < 4.78 is 4.86. The van der Waals surface area contributed by atoms with Gasteiger partial charge in [-0.15, -0.1) is 0 Å². The van der Waals surface area contributed by atoms with E-state index >= 15 is 0 Å².